The van der Waals surface area contributed by atoms with Crippen LogP contribution in [-0.4, -0.2) is 21.4 Å². The first kappa shape index (κ1) is 23.3. The van der Waals surface area contributed by atoms with Gasteiger partial charge in [-0.15, -0.1) is 0 Å². The summed E-state index contributed by atoms with van der Waals surface area (Å²) in [4.78, 5) is 13.0. The fourth-order valence-corrected chi connectivity index (χ4v) is 4.52. The Balaban J connectivity index is 1.87. The molecule has 0 radical (unpaired) electrons. The number of benzene rings is 3. The van der Waals surface area contributed by atoms with Crippen molar-refractivity contribution >= 4 is 21.6 Å². The molecule has 3 aromatic carbocycles. The van der Waals surface area contributed by atoms with Crippen LogP contribution in [0, 0.1) is 0 Å². The summed E-state index contributed by atoms with van der Waals surface area (Å²) in [6.45, 7) is 5.81. The van der Waals surface area contributed by atoms with Crippen LogP contribution in [0.3, 0.4) is 0 Å². The average molecular weight is 453 g/mol. The Kier molecular flexibility index (Phi) is 7.20. The molecule has 0 fully saturated rings. The minimum atomic E-state index is -3.92. The molecular weight excluding hydrogens is 424 g/mol. The molecule has 0 unspecified atom stereocenters. The number of rotatable bonds is 8. The van der Waals surface area contributed by atoms with Crippen LogP contribution in [-0.2, 0) is 10.0 Å². The van der Waals surface area contributed by atoms with Gasteiger partial charge in [-0.1, -0.05) is 56.3 Å². The van der Waals surface area contributed by atoms with Crippen LogP contribution in [0.1, 0.15) is 54.2 Å². The number of hydrogen-bond donors (Lipinski definition) is 2. The fourth-order valence-electron chi connectivity index (χ4n) is 3.40. The van der Waals surface area contributed by atoms with E-state index in [1.807, 2.05) is 51.1 Å². The largest absolute Gasteiger partial charge is 0.496 e. The summed E-state index contributed by atoms with van der Waals surface area (Å²) in [7, 11) is -2.36. The maximum atomic E-state index is 13.1. The Morgan fingerprint density at radius 2 is 1.56 bits per heavy atom. The third-order valence-electron chi connectivity index (χ3n) is 5.20. The molecule has 0 saturated carbocycles. The van der Waals surface area contributed by atoms with Crippen LogP contribution in [0.15, 0.2) is 77.7 Å². The van der Waals surface area contributed by atoms with Gasteiger partial charge in [0, 0.05) is 0 Å². The molecule has 0 aromatic heterocycles. The highest BCUT2D eigenvalue weighted by atomic mass is 32.2. The number of amides is 1. The molecule has 0 heterocycles. The highest BCUT2D eigenvalue weighted by Crippen LogP contribution is 2.30. The van der Waals surface area contributed by atoms with E-state index in [0.717, 1.165) is 11.1 Å². The quantitative estimate of drug-likeness (QED) is 0.497. The van der Waals surface area contributed by atoms with E-state index in [0.29, 0.717) is 5.75 Å². The molecule has 6 nitrogen and oxygen atoms in total. The molecule has 3 aromatic rings. The van der Waals surface area contributed by atoms with Gasteiger partial charge in [0.25, 0.3) is 15.9 Å². The lowest BCUT2D eigenvalue weighted by Gasteiger charge is -2.18. The third-order valence-corrected chi connectivity index (χ3v) is 6.56. The molecule has 0 spiro atoms. The van der Waals surface area contributed by atoms with Crippen molar-refractivity contribution in [3.05, 3.63) is 89.5 Å². The zero-order valence-corrected chi connectivity index (χ0v) is 19.4. The average Bonchev–Trinajstić information content (AvgIpc) is 2.79. The number of ether oxygens (including phenoxy) is 1. The molecule has 32 heavy (non-hydrogen) atoms. The fraction of sp³-hybridized carbons (Fsp3) is 0.240. The summed E-state index contributed by atoms with van der Waals surface area (Å²) >= 11 is 0. The second-order valence-electron chi connectivity index (χ2n) is 7.82. The lowest BCUT2D eigenvalue weighted by molar-refractivity contribution is 0.0941. The monoisotopic (exact) mass is 452 g/mol. The van der Waals surface area contributed by atoms with Gasteiger partial charge in [0.05, 0.1) is 29.3 Å². The van der Waals surface area contributed by atoms with Crippen molar-refractivity contribution in [3.8, 4) is 5.75 Å². The predicted octanol–water partition coefficient (Wildman–Crippen LogP) is 5.11. The van der Waals surface area contributed by atoms with Gasteiger partial charge >= 0.3 is 0 Å². The third kappa shape index (κ3) is 5.29. The van der Waals surface area contributed by atoms with Crippen LogP contribution in [0.25, 0.3) is 0 Å². The molecule has 2 N–H and O–H groups in total. The minimum Gasteiger partial charge on any atom is -0.496 e. The van der Waals surface area contributed by atoms with Gasteiger partial charge in [-0.2, -0.15) is 0 Å². The zero-order chi connectivity index (χ0) is 23.3. The first-order valence-electron chi connectivity index (χ1n) is 10.4. The summed E-state index contributed by atoms with van der Waals surface area (Å²) < 4.78 is 34.1. The summed E-state index contributed by atoms with van der Waals surface area (Å²) in [6.07, 6.45) is 0. The normalized spacial score (nSPS) is 12.3. The Bertz CT molecular complexity index is 1190. The van der Waals surface area contributed by atoms with Crippen molar-refractivity contribution < 1.29 is 17.9 Å². The van der Waals surface area contributed by atoms with Gasteiger partial charge in [0.1, 0.15) is 5.75 Å². The van der Waals surface area contributed by atoms with Crippen molar-refractivity contribution in [2.24, 2.45) is 0 Å². The number of anilines is 1. The molecule has 0 aliphatic heterocycles. The number of sulfonamides is 1. The zero-order valence-electron chi connectivity index (χ0n) is 18.6. The van der Waals surface area contributed by atoms with E-state index >= 15 is 0 Å². The SMILES string of the molecule is COc1ccc(S(=O)(=O)Nc2ccccc2C(=O)N[C@H](C)c2ccccc2)cc1C(C)C. The number of methoxy groups -OCH3 is 1. The van der Waals surface area contributed by atoms with E-state index in [1.165, 1.54) is 6.07 Å². The van der Waals surface area contributed by atoms with E-state index in [1.54, 1.807) is 43.5 Å². The number of carbonyl (C=O) groups excluding carboxylic acids is 1. The lowest BCUT2D eigenvalue weighted by atomic mass is 10.0. The highest BCUT2D eigenvalue weighted by Gasteiger charge is 2.21. The minimum absolute atomic E-state index is 0.0811. The summed E-state index contributed by atoms with van der Waals surface area (Å²) in [5, 5.41) is 2.93. The summed E-state index contributed by atoms with van der Waals surface area (Å²) in [6, 6.07) is 20.6. The van der Waals surface area contributed by atoms with Crippen molar-refractivity contribution in [2.45, 2.75) is 37.6 Å². The van der Waals surface area contributed by atoms with Gasteiger partial charge in [0.15, 0.2) is 0 Å². The maximum Gasteiger partial charge on any atom is 0.261 e. The van der Waals surface area contributed by atoms with Crippen molar-refractivity contribution in [1.82, 2.24) is 5.32 Å². The standard InChI is InChI=1S/C25H28N2O4S/c1-17(2)22-16-20(14-15-24(22)31-4)32(29,30)27-23-13-9-8-12-21(23)25(28)26-18(3)19-10-6-5-7-11-19/h5-18,27H,1-4H3,(H,26,28)/t18-/m1/s1. The summed E-state index contributed by atoms with van der Waals surface area (Å²) in [5.74, 6) is 0.350. The maximum absolute atomic E-state index is 13.1. The number of carbonyl (C=O) groups is 1. The molecule has 0 aliphatic carbocycles. The molecule has 3 rings (SSSR count). The van der Waals surface area contributed by atoms with Gasteiger partial charge in [-0.3, -0.25) is 9.52 Å². The van der Waals surface area contributed by atoms with Gasteiger partial charge in [-0.25, -0.2) is 8.42 Å². The van der Waals surface area contributed by atoms with Gasteiger partial charge < -0.3 is 10.1 Å². The molecule has 0 saturated heterocycles. The smallest absolute Gasteiger partial charge is 0.261 e. The molecule has 0 bridgehead atoms. The van der Waals surface area contributed by atoms with Crippen LogP contribution >= 0.6 is 0 Å². The van der Waals surface area contributed by atoms with Crippen molar-refractivity contribution in [3.63, 3.8) is 0 Å². The molecule has 0 aliphatic rings. The first-order chi connectivity index (χ1) is 15.2. The first-order valence-corrected chi connectivity index (χ1v) is 11.9. The second-order valence-corrected chi connectivity index (χ2v) is 9.50. The number of para-hydroxylation sites is 1. The number of nitrogens with one attached hydrogen (secondary N) is 2. The predicted molar refractivity (Wildman–Crippen MR) is 127 cm³/mol. The Morgan fingerprint density at radius 3 is 2.22 bits per heavy atom. The van der Waals surface area contributed by atoms with E-state index in [9.17, 15) is 13.2 Å². The molecule has 7 heteroatoms. The van der Waals surface area contributed by atoms with E-state index in [2.05, 4.69) is 10.0 Å². The second kappa shape index (κ2) is 9.87. The number of hydrogen-bond acceptors (Lipinski definition) is 4. The molecule has 168 valence electrons. The van der Waals surface area contributed by atoms with Crippen molar-refractivity contribution in [2.75, 3.05) is 11.8 Å². The highest BCUT2D eigenvalue weighted by molar-refractivity contribution is 7.92. The Labute approximate surface area is 189 Å². The van der Waals surface area contributed by atoms with E-state index < -0.39 is 10.0 Å². The Hall–Kier alpha value is -3.32. The lowest BCUT2D eigenvalue weighted by Crippen LogP contribution is -2.28. The van der Waals surface area contributed by atoms with E-state index in [-0.39, 0.29) is 34.0 Å². The van der Waals surface area contributed by atoms with Crippen LogP contribution in [0.5, 0.6) is 5.75 Å². The topological polar surface area (TPSA) is 84.5 Å². The summed E-state index contributed by atoms with van der Waals surface area (Å²) in [5.41, 5.74) is 2.21. The van der Waals surface area contributed by atoms with Gasteiger partial charge in [0.2, 0.25) is 0 Å². The molecular formula is C25H28N2O4S. The van der Waals surface area contributed by atoms with Crippen molar-refractivity contribution in [1.29, 1.82) is 0 Å². The van der Waals surface area contributed by atoms with Crippen LogP contribution < -0.4 is 14.8 Å². The van der Waals surface area contributed by atoms with Crippen LogP contribution in [0.4, 0.5) is 5.69 Å². The molecule has 1 amide bonds. The molecule has 1 atom stereocenters. The van der Waals surface area contributed by atoms with Gasteiger partial charge in [-0.05, 0) is 54.3 Å². The Morgan fingerprint density at radius 1 is 0.906 bits per heavy atom. The van der Waals surface area contributed by atoms with E-state index in [4.69, 9.17) is 4.74 Å². The van der Waals surface area contributed by atoms with Crippen LogP contribution in [0.2, 0.25) is 0 Å².